The maximum Gasteiger partial charge on any atom is 0.289 e. The van der Waals surface area contributed by atoms with Crippen molar-refractivity contribution in [3.63, 3.8) is 0 Å². The summed E-state index contributed by atoms with van der Waals surface area (Å²) in [4.78, 5) is 74.9. The number of ketones is 1. The van der Waals surface area contributed by atoms with Crippen LogP contribution in [0.25, 0.3) is 10.9 Å². The van der Waals surface area contributed by atoms with Gasteiger partial charge in [0.05, 0.1) is 5.41 Å². The number of amides is 4. The molecule has 2 fully saturated rings. The van der Waals surface area contributed by atoms with Gasteiger partial charge in [-0.1, -0.05) is 57.4 Å². The zero-order valence-electron chi connectivity index (χ0n) is 26.4. The Labute approximate surface area is 267 Å². The molecule has 3 atom stereocenters. The van der Waals surface area contributed by atoms with Gasteiger partial charge in [0.2, 0.25) is 17.6 Å². The molecule has 6 rings (SSSR count). The van der Waals surface area contributed by atoms with E-state index >= 15 is 0 Å². The summed E-state index contributed by atoms with van der Waals surface area (Å²) >= 11 is 0. The van der Waals surface area contributed by atoms with Crippen molar-refractivity contribution in [2.45, 2.75) is 82.3 Å². The summed E-state index contributed by atoms with van der Waals surface area (Å²) in [6.07, 6.45) is 4.79. The number of Topliss-reactive ketones (excluding diaryl/α,β-unsaturated/α-hetero) is 1. The Bertz CT molecular complexity index is 1710. The molecule has 1 aliphatic carbocycles. The maximum absolute atomic E-state index is 14.6. The lowest BCUT2D eigenvalue weighted by Crippen LogP contribution is -2.55. The summed E-state index contributed by atoms with van der Waals surface area (Å²) < 4.78 is 14.4. The Kier molecular flexibility index (Phi) is 8.43. The highest BCUT2D eigenvalue weighted by Crippen LogP contribution is 2.47. The standard InChI is InChI=1S/C35H40FN5O5/c1-20(2)16-28(40(3)32(44)27-17-22-24(36)13-9-15-25(22)38-27)33(45)41-19-35(23-12-7-8-14-26(23)39-34(35)46)18-29(41)30(42)31(43)37-21-10-5-4-6-11-21/h7-9,12-15,17,20-21,28-29,38H,4-6,10-11,16,18-19H2,1-3H3,(H,37,43)(H,39,46)/t28-,29?,35-/m0/s1. The van der Waals surface area contributed by atoms with Gasteiger partial charge in [-0.05, 0) is 61.4 Å². The number of nitrogens with zero attached hydrogens (tertiary/aromatic N) is 2. The van der Waals surface area contributed by atoms with Gasteiger partial charge in [0, 0.05) is 36.2 Å². The van der Waals surface area contributed by atoms with E-state index in [4.69, 9.17) is 0 Å². The molecular formula is C35H40FN5O5. The molecule has 3 aliphatic rings. The average Bonchev–Trinajstić information content (AvgIpc) is 3.74. The van der Waals surface area contributed by atoms with Gasteiger partial charge in [0.25, 0.3) is 11.8 Å². The topological polar surface area (TPSA) is 132 Å². The number of carbonyl (C=O) groups is 5. The molecule has 11 heteroatoms. The molecule has 3 heterocycles. The molecule has 242 valence electrons. The van der Waals surface area contributed by atoms with E-state index < -0.39 is 46.8 Å². The average molecular weight is 630 g/mol. The van der Waals surface area contributed by atoms with Crippen LogP contribution in [0.2, 0.25) is 0 Å². The van der Waals surface area contributed by atoms with Crippen LogP contribution in [0.5, 0.6) is 0 Å². The lowest BCUT2D eigenvalue weighted by molar-refractivity contribution is -0.146. The fraction of sp³-hybridized carbons (Fsp3) is 0.457. The Morgan fingerprint density at radius 3 is 2.52 bits per heavy atom. The molecule has 4 amide bonds. The third-order valence-electron chi connectivity index (χ3n) is 9.84. The van der Waals surface area contributed by atoms with E-state index in [-0.39, 0.29) is 48.3 Å². The number of nitrogens with one attached hydrogen (secondary N) is 3. The molecule has 1 unspecified atom stereocenters. The van der Waals surface area contributed by atoms with Gasteiger partial charge in [-0.3, -0.25) is 24.0 Å². The van der Waals surface area contributed by atoms with Gasteiger partial charge in [-0.25, -0.2) is 4.39 Å². The predicted octanol–water partition coefficient (Wildman–Crippen LogP) is 4.30. The SMILES string of the molecule is CC(C)C[C@@H](C(=O)N1C[C@]2(CC1C(=O)C(=O)NC1CCCCC1)C(=O)Nc1ccccc12)N(C)C(=O)c1cc2c(F)cccc2[nH]1. The summed E-state index contributed by atoms with van der Waals surface area (Å²) in [5, 5.41) is 6.03. The van der Waals surface area contributed by atoms with Crippen molar-refractivity contribution in [1.29, 1.82) is 0 Å². The number of rotatable bonds is 8. The second-order valence-corrected chi connectivity index (χ2v) is 13.4. The Morgan fingerprint density at radius 1 is 1.07 bits per heavy atom. The zero-order chi connectivity index (χ0) is 32.7. The van der Waals surface area contributed by atoms with Crippen molar-refractivity contribution in [2.24, 2.45) is 5.92 Å². The number of para-hydroxylation sites is 1. The Balaban J connectivity index is 1.34. The van der Waals surface area contributed by atoms with Crippen LogP contribution >= 0.6 is 0 Å². The van der Waals surface area contributed by atoms with Gasteiger partial charge >= 0.3 is 0 Å². The van der Waals surface area contributed by atoms with Crippen molar-refractivity contribution < 1.29 is 28.4 Å². The third-order valence-corrected chi connectivity index (χ3v) is 9.84. The summed E-state index contributed by atoms with van der Waals surface area (Å²) in [6, 6.07) is 10.8. The molecule has 2 aromatic carbocycles. The lowest BCUT2D eigenvalue weighted by atomic mass is 9.79. The predicted molar refractivity (Wildman–Crippen MR) is 170 cm³/mol. The number of likely N-dealkylation sites (tertiary alicyclic amines) is 1. The quantitative estimate of drug-likeness (QED) is 0.320. The molecule has 10 nitrogen and oxygen atoms in total. The number of fused-ring (bicyclic) bond motifs is 3. The molecule has 2 aliphatic heterocycles. The van der Waals surface area contributed by atoms with Gasteiger partial charge in [0.15, 0.2) is 0 Å². The normalized spacial score (nSPS) is 21.8. The van der Waals surface area contributed by atoms with Crippen LogP contribution in [0.15, 0.2) is 48.5 Å². The summed E-state index contributed by atoms with van der Waals surface area (Å²) in [5.41, 5.74) is 0.621. The number of hydrogen-bond donors (Lipinski definition) is 3. The number of H-pyrrole nitrogens is 1. The van der Waals surface area contributed by atoms with Crippen molar-refractivity contribution in [1.82, 2.24) is 20.1 Å². The molecule has 46 heavy (non-hydrogen) atoms. The van der Waals surface area contributed by atoms with Crippen LogP contribution in [0.3, 0.4) is 0 Å². The van der Waals surface area contributed by atoms with Crippen molar-refractivity contribution >= 4 is 46.0 Å². The molecule has 1 saturated carbocycles. The number of aromatic amines is 1. The molecule has 1 spiro atoms. The second-order valence-electron chi connectivity index (χ2n) is 13.4. The van der Waals surface area contributed by atoms with Gasteiger partial charge in [-0.15, -0.1) is 0 Å². The highest BCUT2D eigenvalue weighted by molar-refractivity contribution is 6.38. The Morgan fingerprint density at radius 2 is 1.80 bits per heavy atom. The molecule has 1 aromatic heterocycles. The minimum atomic E-state index is -1.22. The van der Waals surface area contributed by atoms with Crippen LogP contribution < -0.4 is 10.6 Å². The summed E-state index contributed by atoms with van der Waals surface area (Å²) in [5.74, 6) is -3.41. The van der Waals surface area contributed by atoms with Crippen LogP contribution in [0.4, 0.5) is 10.1 Å². The fourth-order valence-corrected chi connectivity index (χ4v) is 7.39. The highest BCUT2D eigenvalue weighted by Gasteiger charge is 2.58. The van der Waals surface area contributed by atoms with Crippen molar-refractivity contribution in [2.75, 3.05) is 18.9 Å². The number of halogens is 1. The van der Waals surface area contributed by atoms with Crippen LogP contribution in [0.1, 0.15) is 74.8 Å². The van der Waals surface area contributed by atoms with Crippen molar-refractivity contribution in [3.05, 3.63) is 65.6 Å². The van der Waals surface area contributed by atoms with E-state index in [1.165, 1.54) is 29.0 Å². The first kappa shape index (κ1) is 31.4. The number of benzene rings is 2. The van der Waals surface area contributed by atoms with Gasteiger partial charge in [-0.2, -0.15) is 0 Å². The molecular weight excluding hydrogens is 589 g/mol. The summed E-state index contributed by atoms with van der Waals surface area (Å²) in [7, 11) is 1.51. The third kappa shape index (κ3) is 5.56. The van der Waals surface area contributed by atoms with Crippen LogP contribution in [0, 0.1) is 11.7 Å². The number of aromatic nitrogens is 1. The van der Waals surface area contributed by atoms with Crippen LogP contribution in [-0.2, 0) is 24.6 Å². The van der Waals surface area contributed by atoms with E-state index in [2.05, 4.69) is 15.6 Å². The van der Waals surface area contributed by atoms with Gasteiger partial charge in [0.1, 0.15) is 23.6 Å². The van der Waals surface area contributed by atoms with Crippen LogP contribution in [-0.4, -0.2) is 75.9 Å². The summed E-state index contributed by atoms with van der Waals surface area (Å²) in [6.45, 7) is 3.72. The fourth-order valence-electron chi connectivity index (χ4n) is 7.39. The van der Waals surface area contributed by atoms with Crippen molar-refractivity contribution in [3.8, 4) is 0 Å². The van der Waals surface area contributed by atoms with Gasteiger partial charge < -0.3 is 25.4 Å². The molecule has 1 saturated heterocycles. The van der Waals surface area contributed by atoms with E-state index in [1.54, 1.807) is 36.4 Å². The van der Waals surface area contributed by atoms with E-state index in [9.17, 15) is 28.4 Å². The largest absolute Gasteiger partial charge is 0.350 e. The lowest BCUT2D eigenvalue weighted by Gasteiger charge is -2.34. The Hall–Kier alpha value is -4.54. The molecule has 3 N–H and O–H groups in total. The molecule has 0 bridgehead atoms. The van der Waals surface area contributed by atoms with E-state index in [1.807, 2.05) is 13.8 Å². The first-order valence-corrected chi connectivity index (χ1v) is 16.1. The maximum atomic E-state index is 14.6. The smallest absolute Gasteiger partial charge is 0.289 e. The number of anilines is 1. The molecule has 3 aromatic rings. The highest BCUT2D eigenvalue weighted by atomic mass is 19.1. The number of carbonyl (C=O) groups excluding carboxylic acids is 5. The van der Waals surface area contributed by atoms with E-state index in [0.717, 1.165) is 32.1 Å². The number of likely N-dealkylation sites (N-methyl/N-ethyl adjacent to an activating group) is 1. The first-order chi connectivity index (χ1) is 22.0. The minimum Gasteiger partial charge on any atom is -0.350 e. The first-order valence-electron chi connectivity index (χ1n) is 16.1. The second kappa shape index (κ2) is 12.3. The minimum absolute atomic E-state index is 0.0276. The number of hydrogen-bond acceptors (Lipinski definition) is 5. The monoisotopic (exact) mass is 629 g/mol. The van der Waals surface area contributed by atoms with E-state index in [0.29, 0.717) is 16.8 Å². The molecule has 0 radical (unpaired) electrons. The zero-order valence-corrected chi connectivity index (χ0v) is 26.4.